The second-order valence-corrected chi connectivity index (χ2v) is 7.31. The highest BCUT2D eigenvalue weighted by Crippen LogP contribution is 2.22. The molecule has 1 aromatic carbocycles. The van der Waals surface area contributed by atoms with E-state index in [-0.39, 0.29) is 10.8 Å². The number of anilines is 1. The van der Waals surface area contributed by atoms with Gasteiger partial charge in [0.2, 0.25) is 10.0 Å². The van der Waals surface area contributed by atoms with Crippen molar-refractivity contribution in [2.75, 3.05) is 18.4 Å². The van der Waals surface area contributed by atoms with E-state index in [1.807, 2.05) is 25.3 Å². The summed E-state index contributed by atoms with van der Waals surface area (Å²) in [5.74, 6) is 0.0473. The van der Waals surface area contributed by atoms with Crippen LogP contribution in [0.2, 0.25) is 0 Å². The molecule has 114 valence electrons. The first-order valence-corrected chi connectivity index (χ1v) is 9.13. The Morgan fingerprint density at radius 2 is 2.10 bits per heavy atom. The van der Waals surface area contributed by atoms with Crippen molar-refractivity contribution in [1.29, 1.82) is 0 Å². The number of para-hydroxylation sites is 1. The number of benzene rings is 1. The summed E-state index contributed by atoms with van der Waals surface area (Å²) in [6, 6.07) is 6.91. The van der Waals surface area contributed by atoms with Gasteiger partial charge in [-0.05, 0) is 19.1 Å². The Morgan fingerprint density at radius 1 is 1.33 bits per heavy atom. The van der Waals surface area contributed by atoms with Crippen molar-refractivity contribution < 1.29 is 8.42 Å². The predicted octanol–water partition coefficient (Wildman–Crippen LogP) is 2.66. The molecule has 0 saturated heterocycles. The quantitative estimate of drug-likeness (QED) is 0.821. The number of hydrogen-bond acceptors (Lipinski definition) is 5. The van der Waals surface area contributed by atoms with E-state index >= 15 is 0 Å². The first-order chi connectivity index (χ1) is 10.0. The minimum atomic E-state index is -3.53. The van der Waals surface area contributed by atoms with Crippen LogP contribution in [0, 0.1) is 0 Å². The Hall–Kier alpha value is -1.44. The number of thiazole rings is 1. The average Bonchev–Trinajstić information content (AvgIpc) is 3.00. The molecule has 1 aromatic heterocycles. The van der Waals surface area contributed by atoms with Crippen LogP contribution in [0.4, 0.5) is 5.69 Å². The third-order valence-electron chi connectivity index (χ3n) is 3.00. The van der Waals surface area contributed by atoms with E-state index in [1.54, 1.807) is 24.4 Å². The minimum absolute atomic E-state index is 0.0473. The van der Waals surface area contributed by atoms with Gasteiger partial charge in [0.05, 0.1) is 10.7 Å². The summed E-state index contributed by atoms with van der Waals surface area (Å²) in [6.07, 6.45) is 1.73. The van der Waals surface area contributed by atoms with Gasteiger partial charge in [0.1, 0.15) is 4.90 Å². The highest BCUT2D eigenvalue weighted by Gasteiger charge is 2.19. The van der Waals surface area contributed by atoms with Crippen LogP contribution in [0.3, 0.4) is 0 Å². The van der Waals surface area contributed by atoms with Crippen LogP contribution in [0.15, 0.2) is 40.7 Å². The number of aromatic nitrogens is 1. The van der Waals surface area contributed by atoms with Crippen LogP contribution >= 0.6 is 11.3 Å². The number of nitrogens with zero attached hydrogens (tertiary/aromatic N) is 1. The Bertz CT molecular complexity index is 669. The summed E-state index contributed by atoms with van der Waals surface area (Å²) < 4.78 is 27.5. The topological polar surface area (TPSA) is 71.1 Å². The summed E-state index contributed by atoms with van der Waals surface area (Å²) in [4.78, 5) is 4.48. The number of rotatable bonds is 7. The predicted molar refractivity (Wildman–Crippen MR) is 86.3 cm³/mol. The van der Waals surface area contributed by atoms with Crippen molar-refractivity contribution in [2.45, 2.75) is 24.7 Å². The molecule has 0 aliphatic heterocycles. The van der Waals surface area contributed by atoms with Crippen molar-refractivity contribution in [3.8, 4) is 0 Å². The lowest BCUT2D eigenvalue weighted by Gasteiger charge is -2.14. The number of sulfonamides is 1. The molecule has 1 atom stereocenters. The minimum Gasteiger partial charge on any atom is -0.384 e. The van der Waals surface area contributed by atoms with Gasteiger partial charge < -0.3 is 5.32 Å². The van der Waals surface area contributed by atoms with E-state index in [2.05, 4.69) is 15.0 Å². The van der Waals surface area contributed by atoms with E-state index in [4.69, 9.17) is 0 Å². The summed E-state index contributed by atoms with van der Waals surface area (Å²) >= 11 is 1.53. The van der Waals surface area contributed by atoms with Gasteiger partial charge in [-0.3, -0.25) is 0 Å². The highest BCUT2D eigenvalue weighted by atomic mass is 32.2. The number of hydrogen-bond donors (Lipinski definition) is 2. The zero-order valence-corrected chi connectivity index (χ0v) is 13.7. The number of nitrogens with one attached hydrogen (secondary N) is 2. The van der Waals surface area contributed by atoms with Crippen LogP contribution in [-0.4, -0.2) is 26.5 Å². The lowest BCUT2D eigenvalue weighted by atomic mass is 10.2. The zero-order chi connectivity index (χ0) is 15.3. The van der Waals surface area contributed by atoms with Crippen molar-refractivity contribution in [3.63, 3.8) is 0 Å². The molecule has 7 heteroatoms. The molecule has 1 unspecified atom stereocenters. The Balaban J connectivity index is 2.12. The van der Waals surface area contributed by atoms with Crippen LogP contribution in [-0.2, 0) is 10.0 Å². The Kier molecular flexibility index (Phi) is 5.33. The van der Waals surface area contributed by atoms with Gasteiger partial charge in [-0.2, -0.15) is 0 Å². The summed E-state index contributed by atoms with van der Waals surface area (Å²) in [7, 11) is -3.53. The second-order valence-electron chi connectivity index (χ2n) is 4.65. The van der Waals surface area contributed by atoms with E-state index in [9.17, 15) is 8.42 Å². The van der Waals surface area contributed by atoms with Gasteiger partial charge in [-0.1, -0.05) is 19.1 Å². The first-order valence-electron chi connectivity index (χ1n) is 6.76. The molecule has 2 N–H and O–H groups in total. The van der Waals surface area contributed by atoms with E-state index < -0.39 is 10.0 Å². The maximum atomic E-state index is 12.4. The molecule has 5 nitrogen and oxygen atoms in total. The largest absolute Gasteiger partial charge is 0.384 e. The molecule has 21 heavy (non-hydrogen) atoms. The lowest BCUT2D eigenvalue weighted by molar-refractivity contribution is 0.575. The molecule has 0 fully saturated rings. The van der Waals surface area contributed by atoms with E-state index in [0.29, 0.717) is 18.8 Å². The molecule has 0 saturated carbocycles. The summed E-state index contributed by atoms with van der Waals surface area (Å²) in [5, 5.41) is 5.89. The van der Waals surface area contributed by atoms with Crippen molar-refractivity contribution in [1.82, 2.24) is 9.71 Å². The molecule has 0 spiro atoms. The fourth-order valence-electron chi connectivity index (χ4n) is 1.92. The van der Waals surface area contributed by atoms with Gasteiger partial charge >= 0.3 is 0 Å². The normalized spacial score (nSPS) is 13.0. The first kappa shape index (κ1) is 15.9. The molecular formula is C14H19N3O2S2. The average molecular weight is 325 g/mol. The van der Waals surface area contributed by atoms with Crippen LogP contribution in [0.25, 0.3) is 0 Å². The fourth-order valence-corrected chi connectivity index (χ4v) is 3.93. The monoisotopic (exact) mass is 325 g/mol. The van der Waals surface area contributed by atoms with Crippen LogP contribution < -0.4 is 10.0 Å². The van der Waals surface area contributed by atoms with E-state index in [0.717, 1.165) is 5.01 Å². The van der Waals surface area contributed by atoms with Gasteiger partial charge in [-0.15, -0.1) is 11.3 Å². The summed E-state index contributed by atoms with van der Waals surface area (Å²) in [5.41, 5.74) is 0.620. The highest BCUT2D eigenvalue weighted by molar-refractivity contribution is 7.89. The van der Waals surface area contributed by atoms with Gasteiger partial charge in [0.25, 0.3) is 0 Å². The van der Waals surface area contributed by atoms with Crippen molar-refractivity contribution in [3.05, 3.63) is 40.8 Å². The lowest BCUT2D eigenvalue weighted by Crippen LogP contribution is -2.28. The third-order valence-corrected chi connectivity index (χ3v) is 5.49. The SMILES string of the molecule is CCNc1ccccc1S(=O)(=O)NCC(C)c1nccs1. The van der Waals surface area contributed by atoms with Crippen LogP contribution in [0.5, 0.6) is 0 Å². The molecule has 0 amide bonds. The third kappa shape index (κ3) is 4.03. The smallest absolute Gasteiger partial charge is 0.242 e. The Morgan fingerprint density at radius 3 is 2.76 bits per heavy atom. The van der Waals surface area contributed by atoms with Gasteiger partial charge in [0.15, 0.2) is 0 Å². The maximum absolute atomic E-state index is 12.4. The van der Waals surface area contributed by atoms with Gasteiger partial charge in [-0.25, -0.2) is 18.1 Å². The second kappa shape index (κ2) is 7.02. The fraction of sp³-hybridized carbons (Fsp3) is 0.357. The molecule has 2 aromatic rings. The van der Waals surface area contributed by atoms with Crippen molar-refractivity contribution >= 4 is 27.0 Å². The standard InChI is InChI=1S/C14H19N3O2S2/c1-3-15-12-6-4-5-7-13(12)21(18,19)17-10-11(2)14-16-8-9-20-14/h4-9,11,15,17H,3,10H2,1-2H3. The maximum Gasteiger partial charge on any atom is 0.242 e. The molecule has 0 aliphatic carbocycles. The molecule has 0 bridgehead atoms. The Labute approximate surface area is 129 Å². The summed E-state index contributed by atoms with van der Waals surface area (Å²) in [6.45, 7) is 4.89. The molecular weight excluding hydrogens is 306 g/mol. The van der Waals surface area contributed by atoms with Gasteiger partial charge in [0, 0.05) is 30.6 Å². The molecule has 1 heterocycles. The molecule has 0 radical (unpaired) electrons. The van der Waals surface area contributed by atoms with Crippen molar-refractivity contribution in [2.24, 2.45) is 0 Å². The molecule has 2 rings (SSSR count). The molecule has 0 aliphatic rings. The van der Waals surface area contributed by atoms with Crippen LogP contribution in [0.1, 0.15) is 24.8 Å². The zero-order valence-electron chi connectivity index (χ0n) is 12.0. The van der Waals surface area contributed by atoms with E-state index in [1.165, 1.54) is 11.3 Å².